The molecule has 2 N–H and O–H groups in total. The van der Waals surface area contributed by atoms with Crippen molar-refractivity contribution < 1.29 is 0 Å². The van der Waals surface area contributed by atoms with E-state index < -0.39 is 0 Å². The molecule has 0 aliphatic heterocycles. The molecule has 0 amide bonds. The van der Waals surface area contributed by atoms with Gasteiger partial charge in [0.2, 0.25) is 0 Å². The SMILES string of the molecule is CNC(=S)CNN(C)C. The van der Waals surface area contributed by atoms with Crippen molar-refractivity contribution in [3.8, 4) is 0 Å². The van der Waals surface area contributed by atoms with Gasteiger partial charge in [-0.1, -0.05) is 12.2 Å². The Morgan fingerprint density at radius 3 is 2.44 bits per heavy atom. The van der Waals surface area contributed by atoms with Crippen LogP contribution < -0.4 is 10.7 Å². The van der Waals surface area contributed by atoms with Gasteiger partial charge in [0.15, 0.2) is 0 Å². The Hall–Kier alpha value is -0.190. The average Bonchev–Trinajstić information content (AvgIpc) is 1.83. The number of hydrazine groups is 1. The Morgan fingerprint density at radius 1 is 1.56 bits per heavy atom. The molecule has 0 radical (unpaired) electrons. The molecule has 0 unspecified atom stereocenters. The fraction of sp³-hybridized carbons (Fsp3) is 0.800. The van der Waals surface area contributed by atoms with E-state index in [0.717, 1.165) is 4.99 Å². The van der Waals surface area contributed by atoms with Crippen LogP contribution in [0.1, 0.15) is 0 Å². The molecule has 0 aliphatic rings. The number of nitrogens with one attached hydrogen (secondary N) is 2. The normalized spacial score (nSPS) is 9.78. The third-order valence-corrected chi connectivity index (χ3v) is 1.18. The molecule has 3 nitrogen and oxygen atoms in total. The lowest BCUT2D eigenvalue weighted by Crippen LogP contribution is -2.38. The van der Waals surface area contributed by atoms with E-state index in [-0.39, 0.29) is 0 Å². The lowest BCUT2D eigenvalue weighted by Gasteiger charge is -2.11. The molecule has 0 spiro atoms. The number of hydrogen-bond donors (Lipinski definition) is 2. The third-order valence-electron chi connectivity index (χ3n) is 0.835. The molecule has 0 aromatic heterocycles. The zero-order chi connectivity index (χ0) is 7.28. The van der Waals surface area contributed by atoms with Crippen LogP contribution in [0.15, 0.2) is 0 Å². The summed E-state index contributed by atoms with van der Waals surface area (Å²) in [6.07, 6.45) is 0. The van der Waals surface area contributed by atoms with E-state index in [9.17, 15) is 0 Å². The molecule has 0 heterocycles. The van der Waals surface area contributed by atoms with Gasteiger partial charge in [0.05, 0.1) is 11.5 Å². The minimum Gasteiger partial charge on any atom is -0.382 e. The first-order chi connectivity index (χ1) is 4.16. The monoisotopic (exact) mass is 147 g/mol. The first-order valence-electron chi connectivity index (χ1n) is 2.78. The van der Waals surface area contributed by atoms with E-state index >= 15 is 0 Å². The molecule has 0 bridgehead atoms. The van der Waals surface area contributed by atoms with E-state index in [0.29, 0.717) is 6.54 Å². The predicted molar refractivity (Wildman–Crippen MR) is 43.3 cm³/mol. The molecule has 54 valence electrons. The number of hydrogen-bond acceptors (Lipinski definition) is 3. The molecule has 4 heteroatoms. The second kappa shape index (κ2) is 4.67. The van der Waals surface area contributed by atoms with Crippen molar-refractivity contribution in [3.05, 3.63) is 0 Å². The molecule has 0 saturated heterocycles. The fourth-order valence-corrected chi connectivity index (χ4v) is 0.383. The molecule has 0 fully saturated rings. The Bertz CT molecular complexity index is 92.2. The number of thiocarbonyl (C=S) groups is 1. The van der Waals surface area contributed by atoms with Crippen molar-refractivity contribution in [2.75, 3.05) is 27.7 Å². The Labute approximate surface area is 61.4 Å². The Morgan fingerprint density at radius 2 is 2.11 bits per heavy atom. The summed E-state index contributed by atoms with van der Waals surface area (Å²) in [7, 11) is 5.68. The third kappa shape index (κ3) is 5.68. The van der Waals surface area contributed by atoms with Crippen molar-refractivity contribution >= 4 is 17.2 Å². The van der Waals surface area contributed by atoms with Gasteiger partial charge in [-0.15, -0.1) is 0 Å². The maximum Gasteiger partial charge on any atom is 0.0905 e. The topological polar surface area (TPSA) is 27.3 Å². The highest BCUT2D eigenvalue weighted by atomic mass is 32.1. The summed E-state index contributed by atoms with van der Waals surface area (Å²) in [5.41, 5.74) is 3.03. The van der Waals surface area contributed by atoms with Gasteiger partial charge in [-0.3, -0.25) is 5.01 Å². The molecule has 0 aliphatic carbocycles. The van der Waals surface area contributed by atoms with Gasteiger partial charge in [0.25, 0.3) is 0 Å². The van der Waals surface area contributed by atoms with E-state index in [1.807, 2.05) is 26.2 Å². The summed E-state index contributed by atoms with van der Waals surface area (Å²) in [6, 6.07) is 0. The molecule has 0 saturated carbocycles. The summed E-state index contributed by atoms with van der Waals surface area (Å²) in [6.45, 7) is 0.707. The first kappa shape index (κ1) is 8.81. The van der Waals surface area contributed by atoms with Crippen molar-refractivity contribution in [1.29, 1.82) is 0 Å². The van der Waals surface area contributed by atoms with Gasteiger partial charge in [0, 0.05) is 21.1 Å². The summed E-state index contributed by atoms with van der Waals surface area (Å²) in [4.78, 5) is 0.823. The molecule has 0 aromatic rings. The Kier molecular flexibility index (Phi) is 4.57. The average molecular weight is 147 g/mol. The highest BCUT2D eigenvalue weighted by Crippen LogP contribution is 1.67. The van der Waals surface area contributed by atoms with E-state index in [4.69, 9.17) is 12.2 Å². The van der Waals surface area contributed by atoms with Crippen LogP contribution >= 0.6 is 12.2 Å². The largest absolute Gasteiger partial charge is 0.382 e. The van der Waals surface area contributed by atoms with Crippen LogP contribution in [0.4, 0.5) is 0 Å². The molecule has 9 heavy (non-hydrogen) atoms. The van der Waals surface area contributed by atoms with Crippen LogP contribution in [0.2, 0.25) is 0 Å². The van der Waals surface area contributed by atoms with E-state index in [2.05, 4.69) is 10.7 Å². The van der Waals surface area contributed by atoms with Crippen LogP contribution in [-0.4, -0.2) is 37.7 Å². The first-order valence-corrected chi connectivity index (χ1v) is 3.19. The summed E-state index contributed by atoms with van der Waals surface area (Å²) >= 11 is 4.87. The van der Waals surface area contributed by atoms with E-state index in [1.54, 1.807) is 0 Å². The van der Waals surface area contributed by atoms with Gasteiger partial charge in [0.1, 0.15) is 0 Å². The molecule has 0 rings (SSSR count). The van der Waals surface area contributed by atoms with Gasteiger partial charge in [-0.05, 0) is 0 Å². The van der Waals surface area contributed by atoms with Crippen LogP contribution in [0.25, 0.3) is 0 Å². The lowest BCUT2D eigenvalue weighted by atomic mass is 10.6. The lowest BCUT2D eigenvalue weighted by molar-refractivity contribution is 0.310. The van der Waals surface area contributed by atoms with Crippen molar-refractivity contribution in [2.24, 2.45) is 0 Å². The van der Waals surface area contributed by atoms with Crippen molar-refractivity contribution in [3.63, 3.8) is 0 Å². The minimum atomic E-state index is 0.707. The molecular weight excluding hydrogens is 134 g/mol. The van der Waals surface area contributed by atoms with Gasteiger partial charge >= 0.3 is 0 Å². The second-order valence-corrected chi connectivity index (χ2v) is 2.40. The predicted octanol–water partition coefficient (Wildman–Crippen LogP) is -0.401. The fourth-order valence-electron chi connectivity index (χ4n) is 0.318. The Balaban J connectivity index is 3.17. The quantitative estimate of drug-likeness (QED) is 0.419. The summed E-state index contributed by atoms with van der Waals surface area (Å²) < 4.78 is 0. The molecule has 0 atom stereocenters. The number of rotatable bonds is 3. The van der Waals surface area contributed by atoms with Crippen LogP contribution in [-0.2, 0) is 0 Å². The minimum absolute atomic E-state index is 0.707. The maximum atomic E-state index is 4.87. The highest BCUT2D eigenvalue weighted by molar-refractivity contribution is 7.80. The maximum absolute atomic E-state index is 4.87. The smallest absolute Gasteiger partial charge is 0.0905 e. The number of nitrogens with zero attached hydrogens (tertiary/aromatic N) is 1. The molecular formula is C5H13N3S. The van der Waals surface area contributed by atoms with Gasteiger partial charge < -0.3 is 5.32 Å². The zero-order valence-electron chi connectivity index (χ0n) is 6.06. The van der Waals surface area contributed by atoms with E-state index in [1.165, 1.54) is 0 Å². The summed E-state index contributed by atoms with van der Waals surface area (Å²) in [5, 5.41) is 4.73. The van der Waals surface area contributed by atoms with Gasteiger partial charge in [-0.25, -0.2) is 5.43 Å². The van der Waals surface area contributed by atoms with Crippen LogP contribution in [0, 0.1) is 0 Å². The van der Waals surface area contributed by atoms with Crippen molar-refractivity contribution in [2.45, 2.75) is 0 Å². The summed E-state index contributed by atoms with van der Waals surface area (Å²) in [5.74, 6) is 0. The van der Waals surface area contributed by atoms with Crippen molar-refractivity contribution in [1.82, 2.24) is 15.8 Å². The van der Waals surface area contributed by atoms with Crippen LogP contribution in [0.5, 0.6) is 0 Å². The van der Waals surface area contributed by atoms with Gasteiger partial charge in [-0.2, -0.15) is 0 Å². The standard InChI is InChI=1S/C5H13N3S/c1-6-5(9)4-7-8(2)3/h7H,4H2,1-3H3,(H,6,9). The second-order valence-electron chi connectivity index (χ2n) is 1.90. The number of likely N-dealkylation sites (N-methyl/N-ethyl adjacent to an activating group) is 1. The highest BCUT2D eigenvalue weighted by Gasteiger charge is 1.90. The zero-order valence-corrected chi connectivity index (χ0v) is 6.88. The molecule has 0 aromatic carbocycles. The van der Waals surface area contributed by atoms with Crippen LogP contribution in [0.3, 0.4) is 0 Å².